The minimum atomic E-state index is -4.67. The zero-order valence-corrected chi connectivity index (χ0v) is 7.56. The second-order valence-electron chi connectivity index (χ2n) is 2.75. The largest absolute Gasteiger partial charge is 0.471 e. The second-order valence-corrected chi connectivity index (χ2v) is 2.75. The molecule has 0 saturated carbocycles. The number of rotatable bonds is 1. The highest BCUT2D eigenvalue weighted by Crippen LogP contribution is 2.28. The summed E-state index contributed by atoms with van der Waals surface area (Å²) in [6.07, 6.45) is -2.34. The van der Waals surface area contributed by atoms with E-state index in [-0.39, 0.29) is 17.3 Å². The van der Waals surface area contributed by atoms with Crippen molar-refractivity contribution in [2.75, 3.05) is 5.73 Å². The van der Waals surface area contributed by atoms with Gasteiger partial charge in [0.1, 0.15) is 11.5 Å². The molecule has 0 aliphatic carbocycles. The molecule has 16 heavy (non-hydrogen) atoms. The summed E-state index contributed by atoms with van der Waals surface area (Å²) >= 11 is 0. The van der Waals surface area contributed by atoms with Gasteiger partial charge in [-0.2, -0.15) is 18.2 Å². The molecule has 0 radical (unpaired) electrons. The number of aromatic nitrogens is 4. The summed E-state index contributed by atoms with van der Waals surface area (Å²) < 4.78 is 40.4. The Morgan fingerprint density at radius 1 is 1.19 bits per heavy atom. The Morgan fingerprint density at radius 2 is 1.94 bits per heavy atom. The van der Waals surface area contributed by atoms with Gasteiger partial charge in [-0.25, -0.2) is 9.97 Å². The molecule has 0 aliphatic heterocycles. The summed E-state index contributed by atoms with van der Waals surface area (Å²) in [6, 6.07) is 0. The Morgan fingerprint density at radius 3 is 2.44 bits per heavy atom. The monoisotopic (exact) mass is 231 g/mol. The zero-order valence-electron chi connectivity index (χ0n) is 7.56. The molecule has 6 nitrogen and oxygen atoms in total. The summed E-state index contributed by atoms with van der Waals surface area (Å²) in [4.78, 5) is 10.5. The minimum Gasteiger partial charge on any atom is -0.382 e. The maximum absolute atomic E-state index is 12.1. The van der Waals surface area contributed by atoms with Gasteiger partial charge in [-0.15, -0.1) is 0 Å². The fourth-order valence-electron chi connectivity index (χ4n) is 0.896. The molecule has 2 N–H and O–H groups in total. The molecule has 0 aliphatic rings. The summed E-state index contributed by atoms with van der Waals surface area (Å²) in [6.45, 7) is 0. The molecule has 0 bridgehead atoms. The van der Waals surface area contributed by atoms with Gasteiger partial charge < -0.3 is 10.3 Å². The molecule has 0 unspecified atom stereocenters. The van der Waals surface area contributed by atoms with Gasteiger partial charge in [-0.05, 0) is 0 Å². The van der Waals surface area contributed by atoms with Crippen LogP contribution in [-0.2, 0) is 6.18 Å². The van der Waals surface area contributed by atoms with E-state index >= 15 is 0 Å². The normalized spacial score (nSPS) is 11.7. The quantitative estimate of drug-likeness (QED) is 0.790. The highest BCUT2D eigenvalue weighted by Gasteiger charge is 2.38. The molecule has 9 heteroatoms. The van der Waals surface area contributed by atoms with E-state index in [0.29, 0.717) is 0 Å². The Kier molecular flexibility index (Phi) is 2.22. The Balaban J connectivity index is 2.35. The molecule has 2 heterocycles. The van der Waals surface area contributed by atoms with Gasteiger partial charge in [0.25, 0.3) is 0 Å². The maximum Gasteiger partial charge on any atom is 0.471 e. The number of nitrogens with two attached hydrogens (primary N) is 1. The molecule has 0 saturated heterocycles. The standard InChI is InChI=1S/C7H4F3N5O/c8-7(9,10)6-14-5(15-16-6)3-1-13-4(11)2-12-3/h1-2H,(H2,11,13). The molecule has 84 valence electrons. The molecule has 0 aromatic carbocycles. The third kappa shape index (κ3) is 1.92. The highest BCUT2D eigenvalue weighted by molar-refractivity contribution is 5.47. The van der Waals surface area contributed by atoms with Crippen molar-refractivity contribution >= 4 is 5.82 Å². The van der Waals surface area contributed by atoms with E-state index in [2.05, 4.69) is 24.6 Å². The minimum absolute atomic E-state index is 0.0495. The first-order chi connectivity index (χ1) is 7.47. The number of anilines is 1. The number of halogens is 3. The Bertz CT molecular complexity index is 491. The topological polar surface area (TPSA) is 90.7 Å². The molecular weight excluding hydrogens is 227 g/mol. The van der Waals surface area contributed by atoms with Gasteiger partial charge in [0.2, 0.25) is 5.82 Å². The molecule has 2 rings (SSSR count). The lowest BCUT2D eigenvalue weighted by atomic mass is 10.4. The lowest BCUT2D eigenvalue weighted by Crippen LogP contribution is -2.05. The Labute approximate surface area is 86.3 Å². The molecular formula is C7H4F3N5O. The third-order valence-electron chi connectivity index (χ3n) is 1.57. The van der Waals surface area contributed by atoms with Gasteiger partial charge in [0, 0.05) is 0 Å². The van der Waals surface area contributed by atoms with Gasteiger partial charge in [0.05, 0.1) is 12.4 Å². The van der Waals surface area contributed by atoms with Crippen LogP contribution in [0.3, 0.4) is 0 Å². The van der Waals surface area contributed by atoms with E-state index in [0.717, 1.165) is 6.20 Å². The lowest BCUT2D eigenvalue weighted by molar-refractivity contribution is -0.159. The average molecular weight is 231 g/mol. The molecule has 2 aromatic heterocycles. The van der Waals surface area contributed by atoms with Crippen LogP contribution in [0.25, 0.3) is 11.5 Å². The average Bonchev–Trinajstić information content (AvgIpc) is 2.67. The van der Waals surface area contributed by atoms with Crippen LogP contribution in [0.4, 0.5) is 19.0 Å². The van der Waals surface area contributed by atoms with Gasteiger partial charge in [-0.3, -0.25) is 0 Å². The molecule has 0 atom stereocenters. The number of hydrogen-bond donors (Lipinski definition) is 1. The predicted octanol–water partition coefficient (Wildman–Crippen LogP) is 1.13. The first-order valence-corrected chi connectivity index (χ1v) is 3.95. The number of hydrogen-bond acceptors (Lipinski definition) is 6. The van der Waals surface area contributed by atoms with Crippen LogP contribution in [-0.4, -0.2) is 20.1 Å². The van der Waals surface area contributed by atoms with E-state index in [1.165, 1.54) is 6.20 Å². The van der Waals surface area contributed by atoms with Gasteiger partial charge >= 0.3 is 12.1 Å². The number of nitrogens with zero attached hydrogens (tertiary/aromatic N) is 4. The van der Waals surface area contributed by atoms with Crippen molar-refractivity contribution in [3.63, 3.8) is 0 Å². The van der Waals surface area contributed by atoms with Crippen molar-refractivity contribution < 1.29 is 17.7 Å². The predicted molar refractivity (Wildman–Crippen MR) is 44.7 cm³/mol. The summed E-state index contributed by atoms with van der Waals surface area (Å²) in [5.41, 5.74) is 5.31. The summed E-state index contributed by atoms with van der Waals surface area (Å²) in [5.74, 6) is -1.58. The van der Waals surface area contributed by atoms with Crippen LogP contribution < -0.4 is 5.73 Å². The van der Waals surface area contributed by atoms with E-state index in [1.54, 1.807) is 0 Å². The van der Waals surface area contributed by atoms with E-state index in [1.807, 2.05) is 0 Å². The van der Waals surface area contributed by atoms with Crippen LogP contribution in [0, 0.1) is 0 Å². The SMILES string of the molecule is Nc1cnc(-c2noc(C(F)(F)F)n2)cn1. The van der Waals surface area contributed by atoms with Crippen LogP contribution in [0.5, 0.6) is 0 Å². The van der Waals surface area contributed by atoms with Crippen molar-refractivity contribution in [3.05, 3.63) is 18.3 Å². The van der Waals surface area contributed by atoms with Crippen LogP contribution in [0.15, 0.2) is 16.9 Å². The van der Waals surface area contributed by atoms with E-state index < -0.39 is 12.1 Å². The van der Waals surface area contributed by atoms with Crippen LogP contribution in [0.1, 0.15) is 5.89 Å². The fourth-order valence-corrected chi connectivity index (χ4v) is 0.896. The first-order valence-electron chi connectivity index (χ1n) is 3.95. The number of alkyl halides is 3. The molecule has 0 fully saturated rings. The maximum atomic E-state index is 12.1. The van der Waals surface area contributed by atoms with Crippen LogP contribution in [0.2, 0.25) is 0 Å². The summed E-state index contributed by atoms with van der Waals surface area (Å²) in [7, 11) is 0. The fraction of sp³-hybridized carbons (Fsp3) is 0.143. The van der Waals surface area contributed by atoms with E-state index in [4.69, 9.17) is 5.73 Å². The van der Waals surface area contributed by atoms with Crippen molar-refractivity contribution in [3.8, 4) is 11.5 Å². The van der Waals surface area contributed by atoms with Crippen molar-refractivity contribution in [1.29, 1.82) is 0 Å². The third-order valence-corrected chi connectivity index (χ3v) is 1.57. The van der Waals surface area contributed by atoms with Crippen molar-refractivity contribution in [1.82, 2.24) is 20.1 Å². The molecule has 0 spiro atoms. The van der Waals surface area contributed by atoms with Gasteiger partial charge in [-0.1, -0.05) is 5.16 Å². The van der Waals surface area contributed by atoms with Crippen molar-refractivity contribution in [2.45, 2.75) is 6.18 Å². The Hall–Kier alpha value is -2.19. The molecule has 0 amide bonds. The van der Waals surface area contributed by atoms with E-state index in [9.17, 15) is 13.2 Å². The smallest absolute Gasteiger partial charge is 0.382 e. The lowest BCUT2D eigenvalue weighted by Gasteiger charge is -1.96. The summed E-state index contributed by atoms with van der Waals surface area (Å²) in [5, 5.41) is 3.13. The first kappa shape index (κ1) is 10.3. The number of nitrogen functional groups attached to an aromatic ring is 1. The van der Waals surface area contributed by atoms with Gasteiger partial charge in [0.15, 0.2) is 0 Å². The van der Waals surface area contributed by atoms with Crippen molar-refractivity contribution in [2.24, 2.45) is 0 Å². The zero-order chi connectivity index (χ0) is 11.8. The molecule has 2 aromatic rings. The second kappa shape index (κ2) is 3.43. The van der Waals surface area contributed by atoms with Crippen LogP contribution >= 0.6 is 0 Å². The highest BCUT2D eigenvalue weighted by atomic mass is 19.4.